The van der Waals surface area contributed by atoms with Gasteiger partial charge in [-0.2, -0.15) is 0 Å². The second kappa shape index (κ2) is 7.65. The van der Waals surface area contributed by atoms with Gasteiger partial charge in [-0.1, -0.05) is 11.6 Å². The smallest absolute Gasteiger partial charge is 0.411 e. The van der Waals surface area contributed by atoms with Crippen LogP contribution >= 0.6 is 11.6 Å². The van der Waals surface area contributed by atoms with Crippen molar-refractivity contribution in [3.63, 3.8) is 0 Å². The van der Waals surface area contributed by atoms with E-state index >= 15 is 0 Å². The lowest BCUT2D eigenvalue weighted by atomic mass is 10.0. The number of carbonyl (C=O) groups is 2. The van der Waals surface area contributed by atoms with Crippen LogP contribution in [0.25, 0.3) is 0 Å². The molecule has 6 heteroatoms. The van der Waals surface area contributed by atoms with E-state index in [4.69, 9.17) is 16.3 Å². The molecule has 1 unspecified atom stereocenters. The van der Waals surface area contributed by atoms with Gasteiger partial charge in [0.1, 0.15) is 5.60 Å². The first kappa shape index (κ1) is 19.6. The van der Waals surface area contributed by atoms with Crippen LogP contribution in [0.15, 0.2) is 18.2 Å². The highest BCUT2D eigenvalue weighted by atomic mass is 35.5. The van der Waals surface area contributed by atoms with E-state index in [2.05, 4.69) is 5.32 Å². The summed E-state index contributed by atoms with van der Waals surface area (Å²) in [5, 5.41) is 3.32. The van der Waals surface area contributed by atoms with Crippen molar-refractivity contribution in [2.75, 3.05) is 6.54 Å². The molecule has 1 aromatic carbocycles. The standard InChI is InChI=1S/C19H27ClN2O3/c1-6-21-17(23)13-7-10-16(20)15(11-13)12(2)22(14-8-9-14)18(24)25-19(3,4)5/h7,10-12,14H,6,8-9H2,1-5H3,(H,21,23). The minimum atomic E-state index is -0.559. The molecule has 2 rings (SSSR count). The van der Waals surface area contributed by atoms with Gasteiger partial charge in [-0.15, -0.1) is 0 Å². The first-order valence-electron chi connectivity index (χ1n) is 8.73. The second-order valence-corrected chi connectivity index (χ2v) is 7.80. The summed E-state index contributed by atoms with van der Waals surface area (Å²) in [5.41, 5.74) is 0.729. The molecule has 1 aliphatic carbocycles. The molecule has 1 fully saturated rings. The highest BCUT2D eigenvalue weighted by Crippen LogP contribution is 2.38. The Hall–Kier alpha value is -1.75. The van der Waals surface area contributed by atoms with Gasteiger partial charge in [-0.3, -0.25) is 9.69 Å². The fourth-order valence-corrected chi connectivity index (χ4v) is 2.98. The molecule has 0 spiro atoms. The van der Waals surface area contributed by atoms with Crippen LogP contribution in [0.4, 0.5) is 4.79 Å². The van der Waals surface area contributed by atoms with Gasteiger partial charge in [0.05, 0.1) is 6.04 Å². The van der Waals surface area contributed by atoms with Crippen molar-refractivity contribution in [2.45, 2.75) is 65.1 Å². The Balaban J connectivity index is 2.29. The van der Waals surface area contributed by atoms with Crippen LogP contribution in [0.2, 0.25) is 5.02 Å². The van der Waals surface area contributed by atoms with Gasteiger partial charge in [-0.05, 0) is 71.2 Å². The highest BCUT2D eigenvalue weighted by molar-refractivity contribution is 6.31. The minimum absolute atomic E-state index is 0.150. The molecule has 0 bridgehead atoms. The van der Waals surface area contributed by atoms with E-state index in [0.29, 0.717) is 17.1 Å². The lowest BCUT2D eigenvalue weighted by Crippen LogP contribution is -2.40. The van der Waals surface area contributed by atoms with Crippen molar-refractivity contribution in [1.29, 1.82) is 0 Å². The van der Waals surface area contributed by atoms with Gasteiger partial charge in [-0.25, -0.2) is 4.79 Å². The molecule has 0 aliphatic heterocycles. The van der Waals surface area contributed by atoms with E-state index in [-0.39, 0.29) is 24.1 Å². The maximum absolute atomic E-state index is 12.7. The van der Waals surface area contributed by atoms with Crippen LogP contribution in [0.3, 0.4) is 0 Å². The van der Waals surface area contributed by atoms with Crippen molar-refractivity contribution < 1.29 is 14.3 Å². The third kappa shape index (κ3) is 5.11. The fraction of sp³-hybridized carbons (Fsp3) is 0.579. The Kier molecular flexibility index (Phi) is 5.99. The number of hydrogen-bond donors (Lipinski definition) is 1. The first-order chi connectivity index (χ1) is 11.6. The molecule has 0 saturated heterocycles. The number of carbonyl (C=O) groups excluding carboxylic acids is 2. The molecule has 1 saturated carbocycles. The van der Waals surface area contributed by atoms with E-state index in [1.807, 2.05) is 34.6 Å². The zero-order valence-electron chi connectivity index (χ0n) is 15.6. The van der Waals surface area contributed by atoms with E-state index in [1.54, 1.807) is 23.1 Å². The highest BCUT2D eigenvalue weighted by Gasteiger charge is 2.39. The maximum atomic E-state index is 12.7. The monoisotopic (exact) mass is 366 g/mol. The van der Waals surface area contributed by atoms with Crippen molar-refractivity contribution >= 4 is 23.6 Å². The number of amides is 2. The van der Waals surface area contributed by atoms with Crippen LogP contribution < -0.4 is 5.32 Å². The van der Waals surface area contributed by atoms with Crippen LogP contribution in [-0.2, 0) is 4.74 Å². The lowest BCUT2D eigenvalue weighted by Gasteiger charge is -2.32. The van der Waals surface area contributed by atoms with E-state index < -0.39 is 5.60 Å². The molecular formula is C19H27ClN2O3. The molecule has 1 aromatic rings. The maximum Gasteiger partial charge on any atom is 0.411 e. The molecule has 0 aromatic heterocycles. The summed E-state index contributed by atoms with van der Waals surface area (Å²) in [5.74, 6) is -0.150. The Morgan fingerprint density at radius 2 is 2.00 bits per heavy atom. The Bertz CT molecular complexity index is 651. The molecule has 5 nitrogen and oxygen atoms in total. The Labute approximate surface area is 154 Å². The SMILES string of the molecule is CCNC(=O)c1ccc(Cl)c(C(C)N(C(=O)OC(C)(C)C)C2CC2)c1. The molecule has 1 aliphatic rings. The predicted octanol–water partition coefficient (Wildman–Crippen LogP) is 4.55. The molecule has 1 atom stereocenters. The summed E-state index contributed by atoms with van der Waals surface area (Å²) in [4.78, 5) is 26.5. The van der Waals surface area contributed by atoms with Gasteiger partial charge in [0.2, 0.25) is 0 Å². The molecule has 0 radical (unpaired) electrons. The number of rotatable bonds is 5. The van der Waals surface area contributed by atoms with Gasteiger partial charge in [0.25, 0.3) is 5.91 Å². The van der Waals surface area contributed by atoms with Crippen molar-refractivity contribution in [3.05, 3.63) is 34.3 Å². The molecular weight excluding hydrogens is 340 g/mol. The number of benzene rings is 1. The summed E-state index contributed by atoms with van der Waals surface area (Å²) >= 11 is 6.37. The van der Waals surface area contributed by atoms with Gasteiger partial charge in [0.15, 0.2) is 0 Å². The average Bonchev–Trinajstić information content (AvgIpc) is 3.30. The summed E-state index contributed by atoms with van der Waals surface area (Å²) < 4.78 is 5.56. The van der Waals surface area contributed by atoms with Crippen molar-refractivity contribution in [3.8, 4) is 0 Å². The van der Waals surface area contributed by atoms with Gasteiger partial charge >= 0.3 is 6.09 Å². The van der Waals surface area contributed by atoms with Crippen molar-refractivity contribution in [1.82, 2.24) is 10.2 Å². The number of ether oxygens (including phenoxy) is 1. The van der Waals surface area contributed by atoms with Crippen LogP contribution in [0.5, 0.6) is 0 Å². The van der Waals surface area contributed by atoms with Crippen LogP contribution in [-0.4, -0.2) is 35.1 Å². The summed E-state index contributed by atoms with van der Waals surface area (Å²) in [6.45, 7) is 9.90. The largest absolute Gasteiger partial charge is 0.444 e. The molecule has 25 heavy (non-hydrogen) atoms. The topological polar surface area (TPSA) is 58.6 Å². The number of nitrogens with one attached hydrogen (secondary N) is 1. The summed E-state index contributed by atoms with van der Waals surface area (Å²) in [7, 11) is 0. The molecule has 1 N–H and O–H groups in total. The number of halogens is 1. The third-order valence-electron chi connectivity index (χ3n) is 4.01. The number of nitrogens with zero attached hydrogens (tertiary/aromatic N) is 1. The first-order valence-corrected chi connectivity index (χ1v) is 9.10. The third-order valence-corrected chi connectivity index (χ3v) is 4.35. The molecule has 0 heterocycles. The van der Waals surface area contributed by atoms with E-state index in [9.17, 15) is 9.59 Å². The van der Waals surface area contributed by atoms with Crippen molar-refractivity contribution in [2.24, 2.45) is 0 Å². The summed E-state index contributed by atoms with van der Waals surface area (Å²) in [6, 6.07) is 5.05. The average molecular weight is 367 g/mol. The zero-order valence-corrected chi connectivity index (χ0v) is 16.3. The molecule has 138 valence electrons. The predicted molar refractivity (Wildman–Crippen MR) is 99.0 cm³/mol. The van der Waals surface area contributed by atoms with Gasteiger partial charge in [0, 0.05) is 23.2 Å². The van der Waals surface area contributed by atoms with Crippen LogP contribution in [0, 0.1) is 0 Å². The second-order valence-electron chi connectivity index (χ2n) is 7.39. The van der Waals surface area contributed by atoms with Crippen LogP contribution in [0.1, 0.15) is 69.4 Å². The Morgan fingerprint density at radius 1 is 1.36 bits per heavy atom. The number of hydrogen-bond acceptors (Lipinski definition) is 3. The van der Waals surface area contributed by atoms with Gasteiger partial charge < -0.3 is 10.1 Å². The van der Waals surface area contributed by atoms with E-state index in [1.165, 1.54) is 0 Å². The quantitative estimate of drug-likeness (QED) is 0.831. The molecule has 2 amide bonds. The summed E-state index contributed by atoms with van der Waals surface area (Å²) in [6.07, 6.45) is 1.57. The lowest BCUT2D eigenvalue weighted by molar-refractivity contribution is 0.0153. The fourth-order valence-electron chi connectivity index (χ4n) is 2.71. The minimum Gasteiger partial charge on any atom is -0.444 e. The zero-order chi connectivity index (χ0) is 18.8. The van der Waals surface area contributed by atoms with E-state index in [0.717, 1.165) is 18.4 Å². The normalized spacial score (nSPS) is 15.4. The Morgan fingerprint density at radius 3 is 2.52 bits per heavy atom.